The number of pyridine rings is 1. The summed E-state index contributed by atoms with van der Waals surface area (Å²) < 4.78 is 0. The average Bonchev–Trinajstić information content (AvgIpc) is 3.32. The van der Waals surface area contributed by atoms with Gasteiger partial charge in [-0.1, -0.05) is 42.5 Å². The van der Waals surface area contributed by atoms with Gasteiger partial charge in [0.1, 0.15) is 5.82 Å². The Balaban J connectivity index is 0.00000267. The molecule has 1 unspecified atom stereocenters. The Hall–Kier alpha value is -2.58. The number of nitrogens with one attached hydrogen (secondary N) is 2. The number of H-pyrrole nitrogens is 1. The van der Waals surface area contributed by atoms with E-state index in [-0.39, 0.29) is 17.0 Å². The van der Waals surface area contributed by atoms with Crippen LogP contribution in [0.25, 0.3) is 11.0 Å². The summed E-state index contributed by atoms with van der Waals surface area (Å²) in [5.74, 6) is 1.02. The fraction of sp³-hybridized carbons (Fsp3) is 0.379. The Kier molecular flexibility index (Phi) is 8.12. The van der Waals surface area contributed by atoms with Gasteiger partial charge < -0.3 is 10.3 Å². The number of rotatable bonds is 7. The maximum absolute atomic E-state index is 4.90. The molecule has 0 amide bonds. The predicted octanol–water partition coefficient (Wildman–Crippen LogP) is 5.02. The zero-order valence-corrected chi connectivity index (χ0v) is 22.4. The fourth-order valence-corrected chi connectivity index (χ4v) is 5.60. The van der Waals surface area contributed by atoms with Crippen molar-refractivity contribution >= 4 is 28.0 Å². The second-order valence-electron chi connectivity index (χ2n) is 9.90. The summed E-state index contributed by atoms with van der Waals surface area (Å²) in [6.45, 7) is 7.12. The zero-order chi connectivity index (χ0) is 23.5. The topological polar surface area (TPSA) is 60.1 Å². The number of imidazole rings is 1. The highest BCUT2D eigenvalue weighted by atomic mass is 79.9. The SMILES string of the molecule is Br.c1cnc2c(c1)CCCC2N(Cc1ccc(CN2CCNCC2)cc1)Cc1nc2ccccc2[nH]1. The molecule has 1 aliphatic heterocycles. The van der Waals surface area contributed by atoms with Crippen LogP contribution >= 0.6 is 17.0 Å². The molecule has 1 aliphatic carbocycles. The van der Waals surface area contributed by atoms with Gasteiger partial charge in [0.25, 0.3) is 0 Å². The number of aromatic amines is 1. The molecule has 0 spiro atoms. The van der Waals surface area contributed by atoms with Crippen LogP contribution in [0.2, 0.25) is 0 Å². The van der Waals surface area contributed by atoms with Crippen molar-refractivity contribution in [2.24, 2.45) is 0 Å². The van der Waals surface area contributed by atoms with E-state index >= 15 is 0 Å². The first kappa shape index (κ1) is 25.1. The number of hydrogen-bond acceptors (Lipinski definition) is 5. The van der Waals surface area contributed by atoms with Gasteiger partial charge in [-0.15, -0.1) is 17.0 Å². The molecule has 3 heterocycles. The van der Waals surface area contributed by atoms with Crippen molar-refractivity contribution in [3.05, 3.63) is 95.1 Å². The fourth-order valence-electron chi connectivity index (χ4n) is 5.60. The lowest BCUT2D eigenvalue weighted by atomic mass is 9.90. The predicted molar refractivity (Wildman–Crippen MR) is 150 cm³/mol. The Morgan fingerprint density at radius 2 is 1.72 bits per heavy atom. The maximum atomic E-state index is 4.90. The molecule has 1 atom stereocenters. The third kappa shape index (κ3) is 5.70. The molecule has 1 saturated heterocycles. The molecule has 0 saturated carbocycles. The van der Waals surface area contributed by atoms with Crippen molar-refractivity contribution in [2.75, 3.05) is 26.2 Å². The van der Waals surface area contributed by atoms with Crippen LogP contribution in [-0.4, -0.2) is 50.9 Å². The molecule has 2 aliphatic rings. The lowest BCUT2D eigenvalue weighted by Gasteiger charge is -2.34. The van der Waals surface area contributed by atoms with E-state index in [1.54, 1.807) is 0 Å². The molecule has 2 aromatic heterocycles. The summed E-state index contributed by atoms with van der Waals surface area (Å²) in [7, 11) is 0. The molecule has 0 radical (unpaired) electrons. The minimum absolute atomic E-state index is 0. The lowest BCUT2D eigenvalue weighted by Crippen LogP contribution is -2.42. The van der Waals surface area contributed by atoms with Crippen molar-refractivity contribution in [3.8, 4) is 0 Å². The van der Waals surface area contributed by atoms with Crippen molar-refractivity contribution in [3.63, 3.8) is 0 Å². The van der Waals surface area contributed by atoms with E-state index in [9.17, 15) is 0 Å². The lowest BCUT2D eigenvalue weighted by molar-refractivity contribution is 0.153. The first-order chi connectivity index (χ1) is 17.3. The molecule has 4 aromatic rings. The average molecular weight is 548 g/mol. The number of fused-ring (bicyclic) bond motifs is 2. The molecule has 1 fully saturated rings. The summed E-state index contributed by atoms with van der Waals surface area (Å²) in [6, 6.07) is 22.2. The Bertz CT molecular complexity index is 1230. The molecule has 7 heteroatoms. The number of aromatic nitrogens is 3. The summed E-state index contributed by atoms with van der Waals surface area (Å²) >= 11 is 0. The third-order valence-electron chi connectivity index (χ3n) is 7.42. The van der Waals surface area contributed by atoms with Crippen LogP contribution in [0.5, 0.6) is 0 Å². The number of benzene rings is 2. The van der Waals surface area contributed by atoms with Gasteiger partial charge in [-0.2, -0.15) is 0 Å². The van der Waals surface area contributed by atoms with Gasteiger partial charge in [0, 0.05) is 45.5 Å². The molecular formula is C29H35BrN6. The van der Waals surface area contributed by atoms with E-state index in [4.69, 9.17) is 9.97 Å². The van der Waals surface area contributed by atoms with Crippen molar-refractivity contribution < 1.29 is 0 Å². The maximum Gasteiger partial charge on any atom is 0.121 e. The molecule has 188 valence electrons. The van der Waals surface area contributed by atoms with E-state index in [1.807, 2.05) is 12.3 Å². The van der Waals surface area contributed by atoms with E-state index in [0.717, 1.165) is 75.5 Å². The summed E-state index contributed by atoms with van der Waals surface area (Å²) in [4.78, 5) is 18.4. The van der Waals surface area contributed by atoms with E-state index in [2.05, 4.69) is 74.7 Å². The Labute approximate surface area is 223 Å². The van der Waals surface area contributed by atoms with Crippen LogP contribution in [0.3, 0.4) is 0 Å². The molecule has 6 rings (SSSR count). The van der Waals surface area contributed by atoms with Crippen molar-refractivity contribution in [1.29, 1.82) is 0 Å². The number of hydrogen-bond donors (Lipinski definition) is 2. The highest BCUT2D eigenvalue weighted by Gasteiger charge is 2.28. The summed E-state index contributed by atoms with van der Waals surface area (Å²) in [6.07, 6.45) is 5.40. The Morgan fingerprint density at radius 3 is 2.56 bits per heavy atom. The number of nitrogens with zero attached hydrogens (tertiary/aromatic N) is 4. The van der Waals surface area contributed by atoms with Crippen molar-refractivity contribution in [2.45, 2.75) is 44.9 Å². The minimum atomic E-state index is 0. The summed E-state index contributed by atoms with van der Waals surface area (Å²) in [5, 5.41) is 3.44. The van der Waals surface area contributed by atoms with Crippen LogP contribution in [0.15, 0.2) is 66.9 Å². The Morgan fingerprint density at radius 1 is 0.917 bits per heavy atom. The summed E-state index contributed by atoms with van der Waals surface area (Å²) in [5.41, 5.74) is 7.50. The van der Waals surface area contributed by atoms with Gasteiger partial charge in [-0.25, -0.2) is 4.98 Å². The van der Waals surface area contributed by atoms with E-state index < -0.39 is 0 Å². The number of aryl methyl sites for hydroxylation is 1. The normalized spacial score (nSPS) is 18.2. The number of halogens is 1. The van der Waals surface area contributed by atoms with Crippen LogP contribution in [0.1, 0.15) is 47.1 Å². The monoisotopic (exact) mass is 546 g/mol. The molecular weight excluding hydrogens is 512 g/mol. The van der Waals surface area contributed by atoms with Gasteiger partial charge >= 0.3 is 0 Å². The first-order valence-corrected chi connectivity index (χ1v) is 12.9. The van der Waals surface area contributed by atoms with Gasteiger partial charge in [0.05, 0.1) is 29.3 Å². The zero-order valence-electron chi connectivity index (χ0n) is 20.7. The quantitative estimate of drug-likeness (QED) is 0.340. The van der Waals surface area contributed by atoms with E-state index in [1.165, 1.54) is 28.8 Å². The molecule has 0 bridgehead atoms. The highest BCUT2D eigenvalue weighted by molar-refractivity contribution is 8.93. The van der Waals surface area contributed by atoms with Crippen LogP contribution in [0.4, 0.5) is 0 Å². The molecule has 6 nitrogen and oxygen atoms in total. The van der Waals surface area contributed by atoms with Gasteiger partial charge in [0.2, 0.25) is 0 Å². The number of piperazine rings is 1. The van der Waals surface area contributed by atoms with E-state index in [0.29, 0.717) is 6.04 Å². The molecule has 2 N–H and O–H groups in total. The second kappa shape index (κ2) is 11.6. The third-order valence-corrected chi connectivity index (χ3v) is 7.42. The molecule has 2 aromatic carbocycles. The molecule has 36 heavy (non-hydrogen) atoms. The van der Waals surface area contributed by atoms with Crippen molar-refractivity contribution in [1.82, 2.24) is 30.1 Å². The standard InChI is InChI=1S/C29H34N6.BrH/c1-2-8-26-25(7-1)32-28(33-26)21-35(27-9-3-5-24-6-4-14-31-29(24)27)20-23-12-10-22(11-13-23)19-34-17-15-30-16-18-34;/h1-2,4,6-8,10-14,27,30H,3,5,9,15-21H2,(H,32,33);1H. The second-order valence-corrected chi connectivity index (χ2v) is 9.90. The van der Waals surface area contributed by atoms with Crippen LogP contribution in [0, 0.1) is 0 Å². The van der Waals surface area contributed by atoms with Gasteiger partial charge in [-0.3, -0.25) is 14.8 Å². The largest absolute Gasteiger partial charge is 0.341 e. The van der Waals surface area contributed by atoms with Gasteiger partial charge in [-0.05, 0) is 54.2 Å². The van der Waals surface area contributed by atoms with Crippen LogP contribution < -0.4 is 5.32 Å². The van der Waals surface area contributed by atoms with Gasteiger partial charge in [0.15, 0.2) is 0 Å². The van der Waals surface area contributed by atoms with Crippen LogP contribution in [-0.2, 0) is 26.1 Å². The minimum Gasteiger partial charge on any atom is -0.341 e. The smallest absolute Gasteiger partial charge is 0.121 e. The first-order valence-electron chi connectivity index (χ1n) is 12.9. The highest BCUT2D eigenvalue weighted by Crippen LogP contribution is 2.34. The number of para-hydroxylation sites is 2.